The van der Waals surface area contributed by atoms with Crippen LogP contribution in [0.15, 0.2) is 48.9 Å². The molecule has 1 aromatic carbocycles. The molecule has 0 atom stereocenters. The molecule has 3 heterocycles. The quantitative estimate of drug-likeness (QED) is 0.698. The van der Waals surface area contributed by atoms with Gasteiger partial charge >= 0.3 is 6.18 Å². The van der Waals surface area contributed by atoms with E-state index >= 15 is 0 Å². The molecule has 0 bridgehead atoms. The Morgan fingerprint density at radius 3 is 2.70 bits per heavy atom. The summed E-state index contributed by atoms with van der Waals surface area (Å²) in [5.74, 6) is 0.571. The molecular formula is C20H17F3N4O3. The second kappa shape index (κ2) is 8.05. The van der Waals surface area contributed by atoms with Crippen molar-refractivity contribution in [2.75, 3.05) is 18.5 Å². The van der Waals surface area contributed by atoms with Crippen molar-refractivity contribution in [1.82, 2.24) is 14.5 Å². The maximum absolute atomic E-state index is 13.2. The van der Waals surface area contributed by atoms with Crippen LogP contribution < -0.4 is 14.8 Å². The van der Waals surface area contributed by atoms with Crippen LogP contribution in [0.5, 0.6) is 11.5 Å². The Kier molecular flexibility index (Phi) is 5.30. The Hall–Kier alpha value is -3.56. The summed E-state index contributed by atoms with van der Waals surface area (Å²) >= 11 is 0. The van der Waals surface area contributed by atoms with Gasteiger partial charge in [-0.1, -0.05) is 0 Å². The fourth-order valence-electron chi connectivity index (χ4n) is 2.99. The molecular weight excluding hydrogens is 401 g/mol. The third kappa shape index (κ3) is 4.37. The Balaban J connectivity index is 1.56. The number of benzene rings is 1. The number of nitrogens with zero attached hydrogens (tertiary/aromatic N) is 3. The lowest BCUT2D eigenvalue weighted by molar-refractivity contribution is -0.141. The molecule has 0 aliphatic carbocycles. The molecule has 0 spiro atoms. The summed E-state index contributed by atoms with van der Waals surface area (Å²) < 4.78 is 51.7. The number of halogens is 3. The number of carbonyl (C=O) groups excluding carboxylic acids is 1. The number of hydrogen-bond donors (Lipinski definition) is 1. The van der Waals surface area contributed by atoms with Gasteiger partial charge in [-0.3, -0.25) is 9.78 Å². The highest BCUT2D eigenvalue weighted by Crippen LogP contribution is 2.33. The largest absolute Gasteiger partial charge is 0.490 e. The van der Waals surface area contributed by atoms with Crippen LogP contribution >= 0.6 is 0 Å². The van der Waals surface area contributed by atoms with Gasteiger partial charge in [-0.05, 0) is 24.3 Å². The van der Waals surface area contributed by atoms with Crippen LogP contribution in [0.3, 0.4) is 0 Å². The number of pyridine rings is 1. The van der Waals surface area contributed by atoms with Crippen LogP contribution in [0.4, 0.5) is 18.9 Å². The Morgan fingerprint density at radius 2 is 1.97 bits per heavy atom. The molecule has 0 fully saturated rings. The average molecular weight is 418 g/mol. The summed E-state index contributed by atoms with van der Waals surface area (Å²) in [4.78, 5) is 20.1. The second-order valence-corrected chi connectivity index (χ2v) is 6.58. The topological polar surface area (TPSA) is 78.3 Å². The zero-order valence-electron chi connectivity index (χ0n) is 15.6. The molecule has 0 saturated carbocycles. The van der Waals surface area contributed by atoms with Gasteiger partial charge in [0.25, 0.3) is 0 Å². The molecule has 0 radical (unpaired) electrons. The van der Waals surface area contributed by atoms with Crippen molar-refractivity contribution in [3.05, 3.63) is 54.6 Å². The fourth-order valence-corrected chi connectivity index (χ4v) is 2.99. The first kappa shape index (κ1) is 19.7. The van der Waals surface area contributed by atoms with Gasteiger partial charge in [-0.2, -0.15) is 13.2 Å². The van der Waals surface area contributed by atoms with Crippen molar-refractivity contribution < 1.29 is 27.4 Å². The van der Waals surface area contributed by atoms with Crippen LogP contribution in [-0.4, -0.2) is 33.7 Å². The monoisotopic (exact) mass is 418 g/mol. The Morgan fingerprint density at radius 1 is 1.17 bits per heavy atom. The molecule has 4 rings (SSSR count). The van der Waals surface area contributed by atoms with Gasteiger partial charge in [-0.25, -0.2) is 4.98 Å². The van der Waals surface area contributed by atoms with E-state index in [0.29, 0.717) is 36.0 Å². The van der Waals surface area contributed by atoms with Crippen molar-refractivity contribution in [3.8, 4) is 22.9 Å². The summed E-state index contributed by atoms with van der Waals surface area (Å²) in [6.07, 6.45) is -0.183. The van der Waals surface area contributed by atoms with Gasteiger partial charge in [0.1, 0.15) is 12.4 Å². The van der Waals surface area contributed by atoms with E-state index in [1.165, 1.54) is 12.4 Å². The van der Waals surface area contributed by atoms with E-state index < -0.39 is 17.8 Å². The summed E-state index contributed by atoms with van der Waals surface area (Å²) in [6, 6.07) is 8.10. The molecule has 3 aromatic rings. The number of anilines is 1. The molecule has 0 saturated heterocycles. The number of fused-ring (bicyclic) bond motifs is 1. The first-order chi connectivity index (χ1) is 14.4. The minimum absolute atomic E-state index is 0.00392. The van der Waals surface area contributed by atoms with E-state index in [-0.39, 0.29) is 12.4 Å². The van der Waals surface area contributed by atoms with Crippen LogP contribution in [0, 0.1) is 0 Å². The van der Waals surface area contributed by atoms with Crippen molar-refractivity contribution in [2.45, 2.75) is 19.1 Å². The lowest BCUT2D eigenvalue weighted by Crippen LogP contribution is -2.19. The third-order valence-electron chi connectivity index (χ3n) is 4.33. The van der Waals surface area contributed by atoms with Gasteiger partial charge in [0.05, 0.1) is 13.2 Å². The number of imidazole rings is 1. The summed E-state index contributed by atoms with van der Waals surface area (Å²) in [5.41, 5.74) is -0.260. The van der Waals surface area contributed by atoms with Crippen LogP contribution in [-0.2, 0) is 17.5 Å². The highest BCUT2D eigenvalue weighted by Gasteiger charge is 2.35. The SMILES string of the molecule is O=C(Cn1cc(C(F)(F)F)nc1-c1cccnc1)Nc1ccc2c(c1)OCCCO2. The minimum atomic E-state index is -4.63. The van der Waals surface area contributed by atoms with Crippen LogP contribution in [0.25, 0.3) is 11.4 Å². The molecule has 1 aliphatic heterocycles. The Bertz CT molecular complexity index is 1050. The fraction of sp³-hybridized carbons (Fsp3) is 0.250. The van der Waals surface area contributed by atoms with Crippen molar-refractivity contribution in [1.29, 1.82) is 0 Å². The lowest BCUT2D eigenvalue weighted by Gasteiger charge is -2.11. The number of rotatable bonds is 4. The van der Waals surface area contributed by atoms with Crippen molar-refractivity contribution in [3.63, 3.8) is 0 Å². The summed E-state index contributed by atoms with van der Waals surface area (Å²) in [5, 5.41) is 2.67. The zero-order chi connectivity index (χ0) is 21.1. The molecule has 10 heteroatoms. The first-order valence-corrected chi connectivity index (χ1v) is 9.14. The highest BCUT2D eigenvalue weighted by molar-refractivity contribution is 5.91. The van der Waals surface area contributed by atoms with Gasteiger partial charge in [0.2, 0.25) is 5.91 Å². The smallest absolute Gasteiger partial charge is 0.434 e. The molecule has 156 valence electrons. The first-order valence-electron chi connectivity index (χ1n) is 9.14. The number of aromatic nitrogens is 3. The third-order valence-corrected chi connectivity index (χ3v) is 4.33. The maximum atomic E-state index is 13.2. The van der Waals surface area contributed by atoms with Crippen LogP contribution in [0.2, 0.25) is 0 Å². The number of amides is 1. The normalized spacial score (nSPS) is 13.6. The molecule has 1 N–H and O–H groups in total. The zero-order valence-corrected chi connectivity index (χ0v) is 15.6. The Labute approximate surface area is 169 Å². The van der Waals surface area contributed by atoms with E-state index in [9.17, 15) is 18.0 Å². The minimum Gasteiger partial charge on any atom is -0.490 e. The van der Waals surface area contributed by atoms with E-state index in [2.05, 4.69) is 15.3 Å². The number of ether oxygens (including phenoxy) is 2. The molecule has 1 amide bonds. The maximum Gasteiger partial charge on any atom is 0.434 e. The van der Waals surface area contributed by atoms with Gasteiger partial charge in [-0.15, -0.1) is 0 Å². The van der Waals surface area contributed by atoms with Gasteiger partial charge in [0.15, 0.2) is 17.2 Å². The number of carbonyl (C=O) groups is 1. The molecule has 30 heavy (non-hydrogen) atoms. The summed E-state index contributed by atoms with van der Waals surface area (Å²) in [7, 11) is 0. The average Bonchev–Trinajstić information content (AvgIpc) is 3.00. The van der Waals surface area contributed by atoms with E-state index in [1.807, 2.05) is 0 Å². The van der Waals surface area contributed by atoms with Gasteiger partial charge in [0, 0.05) is 42.3 Å². The summed E-state index contributed by atoms with van der Waals surface area (Å²) in [6.45, 7) is 0.674. The molecule has 2 aromatic heterocycles. The number of alkyl halides is 3. The van der Waals surface area contributed by atoms with E-state index in [4.69, 9.17) is 9.47 Å². The van der Waals surface area contributed by atoms with E-state index in [0.717, 1.165) is 17.2 Å². The van der Waals surface area contributed by atoms with Crippen LogP contribution in [0.1, 0.15) is 12.1 Å². The predicted molar refractivity (Wildman–Crippen MR) is 101 cm³/mol. The lowest BCUT2D eigenvalue weighted by atomic mass is 10.2. The molecule has 0 unspecified atom stereocenters. The molecule has 1 aliphatic rings. The number of hydrogen-bond acceptors (Lipinski definition) is 5. The standard InChI is InChI=1S/C20H17F3N4O3/c21-20(22,23)17-11-27(19(26-17)13-3-1-6-24-10-13)12-18(28)25-14-4-5-15-16(9-14)30-8-2-7-29-15/h1,3-6,9-11H,2,7-8,12H2,(H,25,28). The highest BCUT2D eigenvalue weighted by atomic mass is 19.4. The second-order valence-electron chi connectivity index (χ2n) is 6.58. The van der Waals surface area contributed by atoms with Crippen molar-refractivity contribution in [2.24, 2.45) is 0 Å². The number of nitrogens with one attached hydrogen (secondary N) is 1. The molecule has 7 nitrogen and oxygen atoms in total. The predicted octanol–water partition coefficient (Wildman–Crippen LogP) is 3.76. The van der Waals surface area contributed by atoms with E-state index in [1.54, 1.807) is 30.3 Å². The van der Waals surface area contributed by atoms with Gasteiger partial charge < -0.3 is 19.4 Å². The van der Waals surface area contributed by atoms with Crippen molar-refractivity contribution >= 4 is 11.6 Å².